The summed E-state index contributed by atoms with van der Waals surface area (Å²) in [5.41, 5.74) is 6.00. The average Bonchev–Trinajstić information content (AvgIpc) is 2.17. The van der Waals surface area contributed by atoms with Crippen molar-refractivity contribution in [2.75, 3.05) is 7.11 Å². The van der Waals surface area contributed by atoms with Gasteiger partial charge in [0.2, 0.25) is 0 Å². The molecule has 0 saturated carbocycles. The van der Waals surface area contributed by atoms with Gasteiger partial charge < -0.3 is 10.5 Å². The second kappa shape index (κ2) is 5.62. The molecule has 2 nitrogen and oxygen atoms in total. The SMILES string of the molecule is C=C[C@H](N)c1cc(OC)ccc1F.Cl. The number of hydrogen-bond acceptors (Lipinski definition) is 2. The van der Waals surface area contributed by atoms with Gasteiger partial charge in [-0.05, 0) is 18.2 Å². The van der Waals surface area contributed by atoms with Gasteiger partial charge >= 0.3 is 0 Å². The molecular weight excluding hydrogens is 205 g/mol. The van der Waals surface area contributed by atoms with Gasteiger partial charge in [-0.15, -0.1) is 19.0 Å². The maximum Gasteiger partial charge on any atom is 0.128 e. The van der Waals surface area contributed by atoms with Crippen LogP contribution in [0.25, 0.3) is 0 Å². The van der Waals surface area contributed by atoms with E-state index in [-0.39, 0.29) is 18.2 Å². The van der Waals surface area contributed by atoms with E-state index in [9.17, 15) is 4.39 Å². The summed E-state index contributed by atoms with van der Waals surface area (Å²) < 4.78 is 18.1. The van der Waals surface area contributed by atoms with Crippen LogP contribution < -0.4 is 10.5 Å². The predicted molar refractivity (Wildman–Crippen MR) is 57.3 cm³/mol. The Balaban J connectivity index is 0.00000169. The Morgan fingerprint density at radius 2 is 2.21 bits per heavy atom. The van der Waals surface area contributed by atoms with Crippen LogP contribution in [0, 0.1) is 5.82 Å². The summed E-state index contributed by atoms with van der Waals surface area (Å²) in [7, 11) is 1.52. The first-order valence-corrected chi connectivity index (χ1v) is 3.90. The molecule has 78 valence electrons. The third-order valence-electron chi connectivity index (χ3n) is 1.82. The number of halogens is 2. The minimum absolute atomic E-state index is 0. The maximum absolute atomic E-state index is 13.2. The monoisotopic (exact) mass is 217 g/mol. The fourth-order valence-corrected chi connectivity index (χ4v) is 1.03. The summed E-state index contributed by atoms with van der Waals surface area (Å²) in [6, 6.07) is 3.96. The quantitative estimate of drug-likeness (QED) is 0.790. The standard InChI is InChI=1S/C10H12FNO.ClH/c1-3-10(12)8-6-7(13-2)4-5-9(8)11;/h3-6,10H,1,12H2,2H3;1H/t10-;/m0./s1. The van der Waals surface area contributed by atoms with Crippen LogP contribution in [0.3, 0.4) is 0 Å². The Kier molecular flexibility index (Phi) is 5.20. The van der Waals surface area contributed by atoms with E-state index in [1.54, 1.807) is 12.1 Å². The van der Waals surface area contributed by atoms with E-state index in [0.717, 1.165) is 0 Å². The molecule has 1 rings (SSSR count). The molecule has 1 atom stereocenters. The summed E-state index contributed by atoms with van der Waals surface area (Å²) in [4.78, 5) is 0. The van der Waals surface area contributed by atoms with Gasteiger partial charge in [0.25, 0.3) is 0 Å². The van der Waals surface area contributed by atoms with Crippen LogP contribution in [-0.4, -0.2) is 7.11 Å². The lowest BCUT2D eigenvalue weighted by molar-refractivity contribution is 0.412. The lowest BCUT2D eigenvalue weighted by Gasteiger charge is -2.09. The van der Waals surface area contributed by atoms with Crippen LogP contribution in [0.1, 0.15) is 11.6 Å². The van der Waals surface area contributed by atoms with Crippen LogP contribution >= 0.6 is 12.4 Å². The van der Waals surface area contributed by atoms with E-state index in [0.29, 0.717) is 11.3 Å². The van der Waals surface area contributed by atoms with Gasteiger partial charge in [0.05, 0.1) is 13.2 Å². The molecule has 0 spiro atoms. The van der Waals surface area contributed by atoms with E-state index in [1.165, 1.54) is 19.3 Å². The number of methoxy groups -OCH3 is 1. The second-order valence-electron chi connectivity index (χ2n) is 2.65. The number of nitrogens with two attached hydrogens (primary N) is 1. The zero-order chi connectivity index (χ0) is 9.84. The molecule has 0 radical (unpaired) electrons. The molecule has 0 aliphatic carbocycles. The van der Waals surface area contributed by atoms with Crippen LogP contribution in [0.15, 0.2) is 30.9 Å². The first-order chi connectivity index (χ1) is 6.19. The zero-order valence-electron chi connectivity index (χ0n) is 7.87. The van der Waals surface area contributed by atoms with Gasteiger partial charge in [-0.3, -0.25) is 0 Å². The second-order valence-corrected chi connectivity index (χ2v) is 2.65. The van der Waals surface area contributed by atoms with E-state index >= 15 is 0 Å². The molecule has 0 saturated heterocycles. The Bertz CT molecular complexity index is 317. The highest BCUT2D eigenvalue weighted by Crippen LogP contribution is 2.21. The third-order valence-corrected chi connectivity index (χ3v) is 1.82. The van der Waals surface area contributed by atoms with Crippen molar-refractivity contribution < 1.29 is 9.13 Å². The van der Waals surface area contributed by atoms with E-state index in [2.05, 4.69) is 6.58 Å². The smallest absolute Gasteiger partial charge is 0.128 e. The maximum atomic E-state index is 13.2. The lowest BCUT2D eigenvalue weighted by Crippen LogP contribution is -2.08. The van der Waals surface area contributed by atoms with Crippen molar-refractivity contribution in [2.24, 2.45) is 5.73 Å². The Morgan fingerprint density at radius 3 is 2.71 bits per heavy atom. The number of ether oxygens (including phenoxy) is 1. The highest BCUT2D eigenvalue weighted by Gasteiger charge is 2.08. The minimum Gasteiger partial charge on any atom is -0.497 e. The summed E-state index contributed by atoms with van der Waals surface area (Å²) in [6.07, 6.45) is 1.48. The van der Waals surface area contributed by atoms with Crippen LogP contribution in [0.2, 0.25) is 0 Å². The molecule has 4 heteroatoms. The molecule has 0 aliphatic rings. The van der Waals surface area contributed by atoms with Crippen molar-refractivity contribution in [3.8, 4) is 5.75 Å². The number of hydrogen-bond donors (Lipinski definition) is 1. The van der Waals surface area contributed by atoms with Gasteiger partial charge in [-0.2, -0.15) is 0 Å². The molecule has 1 aromatic rings. The van der Waals surface area contributed by atoms with Crippen molar-refractivity contribution in [3.63, 3.8) is 0 Å². The summed E-state index contributed by atoms with van der Waals surface area (Å²) in [5, 5.41) is 0. The Hall–Kier alpha value is -1.06. The van der Waals surface area contributed by atoms with Crippen molar-refractivity contribution in [3.05, 3.63) is 42.2 Å². The molecule has 1 aromatic carbocycles. The molecule has 0 aliphatic heterocycles. The Labute approximate surface area is 89.0 Å². The molecule has 0 unspecified atom stereocenters. The Morgan fingerprint density at radius 1 is 1.57 bits per heavy atom. The highest BCUT2D eigenvalue weighted by molar-refractivity contribution is 5.85. The van der Waals surface area contributed by atoms with Gasteiger partial charge in [0.15, 0.2) is 0 Å². The van der Waals surface area contributed by atoms with Gasteiger partial charge in [-0.25, -0.2) is 4.39 Å². The van der Waals surface area contributed by atoms with Gasteiger partial charge in [-0.1, -0.05) is 6.08 Å². The van der Waals surface area contributed by atoms with E-state index in [1.807, 2.05) is 0 Å². The molecule has 2 N–H and O–H groups in total. The predicted octanol–water partition coefficient (Wildman–Crippen LogP) is 2.44. The molecular formula is C10H13ClFNO. The van der Waals surface area contributed by atoms with E-state index in [4.69, 9.17) is 10.5 Å². The van der Waals surface area contributed by atoms with Gasteiger partial charge in [0, 0.05) is 5.56 Å². The largest absolute Gasteiger partial charge is 0.497 e. The molecule has 0 fully saturated rings. The van der Waals surface area contributed by atoms with Crippen molar-refractivity contribution in [2.45, 2.75) is 6.04 Å². The van der Waals surface area contributed by atoms with Crippen molar-refractivity contribution >= 4 is 12.4 Å². The fourth-order valence-electron chi connectivity index (χ4n) is 1.03. The number of benzene rings is 1. The van der Waals surface area contributed by atoms with Crippen molar-refractivity contribution in [1.29, 1.82) is 0 Å². The van der Waals surface area contributed by atoms with E-state index < -0.39 is 6.04 Å². The zero-order valence-corrected chi connectivity index (χ0v) is 8.68. The first kappa shape index (κ1) is 12.9. The summed E-state index contributed by atoms with van der Waals surface area (Å²) >= 11 is 0. The van der Waals surface area contributed by atoms with Crippen LogP contribution in [0.4, 0.5) is 4.39 Å². The summed E-state index contributed by atoms with van der Waals surface area (Å²) in [6.45, 7) is 3.50. The fraction of sp³-hybridized carbons (Fsp3) is 0.200. The molecule has 0 bridgehead atoms. The molecule has 0 aromatic heterocycles. The normalized spacial score (nSPS) is 11.4. The molecule has 14 heavy (non-hydrogen) atoms. The highest BCUT2D eigenvalue weighted by atomic mass is 35.5. The topological polar surface area (TPSA) is 35.2 Å². The minimum atomic E-state index is -0.491. The first-order valence-electron chi connectivity index (χ1n) is 3.90. The lowest BCUT2D eigenvalue weighted by atomic mass is 10.1. The van der Waals surface area contributed by atoms with Gasteiger partial charge in [0.1, 0.15) is 11.6 Å². The third kappa shape index (κ3) is 2.72. The van der Waals surface area contributed by atoms with Crippen molar-refractivity contribution in [1.82, 2.24) is 0 Å². The molecule has 0 amide bonds. The van der Waals surface area contributed by atoms with Crippen LogP contribution in [-0.2, 0) is 0 Å². The van der Waals surface area contributed by atoms with Crippen LogP contribution in [0.5, 0.6) is 5.75 Å². The summed E-state index contributed by atoms with van der Waals surface area (Å²) in [5.74, 6) is 0.252. The number of rotatable bonds is 3. The average molecular weight is 218 g/mol. The molecule has 0 heterocycles.